The minimum absolute atomic E-state index is 0.0337. The van der Waals surface area contributed by atoms with E-state index in [0.29, 0.717) is 17.5 Å². The number of pyridine rings is 1. The van der Waals surface area contributed by atoms with Gasteiger partial charge < -0.3 is 15.3 Å². The number of aromatic nitrogens is 1. The Morgan fingerprint density at radius 3 is 2.50 bits per heavy atom. The van der Waals surface area contributed by atoms with Gasteiger partial charge in [-0.3, -0.25) is 4.21 Å². The molecule has 1 aromatic heterocycles. The summed E-state index contributed by atoms with van der Waals surface area (Å²) in [6.07, 6.45) is 5.35. The first kappa shape index (κ1) is 23.9. The zero-order valence-corrected chi connectivity index (χ0v) is 20.4. The molecule has 1 aliphatic carbocycles. The molecule has 1 unspecified atom stereocenters. The van der Waals surface area contributed by atoms with Crippen molar-refractivity contribution in [2.45, 2.75) is 65.3 Å². The van der Waals surface area contributed by atoms with Gasteiger partial charge in [-0.25, -0.2) is 4.98 Å². The molecule has 1 saturated carbocycles. The number of nitrogens with one attached hydrogen (secondary N) is 1. The number of hydrogen-bond acceptors (Lipinski definition) is 6. The molecule has 2 fully saturated rings. The second kappa shape index (κ2) is 9.35. The smallest absolute Gasteiger partial charge is 0.394 e. The van der Waals surface area contributed by atoms with Crippen molar-refractivity contribution in [1.82, 2.24) is 4.98 Å². The van der Waals surface area contributed by atoms with Gasteiger partial charge in [0, 0.05) is 23.7 Å². The molecule has 184 valence electrons. The molecule has 0 amide bonds. The summed E-state index contributed by atoms with van der Waals surface area (Å²) in [6, 6.07) is 8.79. The van der Waals surface area contributed by atoms with Gasteiger partial charge in [0.05, 0.1) is 27.8 Å². The predicted octanol–water partition coefficient (Wildman–Crippen LogP) is 5.07. The first-order valence-corrected chi connectivity index (χ1v) is 13.8. The van der Waals surface area contributed by atoms with Gasteiger partial charge in [-0.1, -0.05) is 12.1 Å². The van der Waals surface area contributed by atoms with Crippen molar-refractivity contribution in [3.8, 4) is 0 Å². The van der Waals surface area contributed by atoms with Crippen LogP contribution in [0.25, 0.3) is 0 Å². The first-order valence-electron chi connectivity index (χ1n) is 11.7. The van der Waals surface area contributed by atoms with Crippen molar-refractivity contribution >= 4 is 34.2 Å². The molecule has 2 aliphatic heterocycles. The Kier molecular flexibility index (Phi) is 6.58. The van der Waals surface area contributed by atoms with Crippen molar-refractivity contribution in [3.63, 3.8) is 0 Å². The lowest BCUT2D eigenvalue weighted by molar-refractivity contribution is -0.0328. The van der Waals surface area contributed by atoms with E-state index in [1.807, 2.05) is 12.1 Å². The van der Waals surface area contributed by atoms with Gasteiger partial charge in [0.15, 0.2) is 0 Å². The molecule has 10 heteroatoms. The molecule has 1 saturated heterocycles. The number of hydrogen-bond donors (Lipinski definition) is 2. The van der Waals surface area contributed by atoms with Crippen LogP contribution in [0.5, 0.6) is 0 Å². The quantitative estimate of drug-likeness (QED) is 0.528. The molecule has 34 heavy (non-hydrogen) atoms. The van der Waals surface area contributed by atoms with E-state index in [9.17, 15) is 22.5 Å². The number of alkyl halides is 3. The summed E-state index contributed by atoms with van der Waals surface area (Å²) >= 11 is -0.0838. The molecular formula is C24H28F3N3O2S2. The predicted molar refractivity (Wildman–Crippen MR) is 129 cm³/mol. The summed E-state index contributed by atoms with van der Waals surface area (Å²) in [5, 5.41) is 13.4. The Bertz CT molecular complexity index is 1060. The number of anilines is 2. The number of aliphatic hydroxyl groups is 1. The fourth-order valence-electron chi connectivity index (χ4n) is 5.12. The summed E-state index contributed by atoms with van der Waals surface area (Å²) in [5.41, 5.74) is -2.50. The van der Waals surface area contributed by atoms with Crippen LogP contribution >= 0.6 is 11.8 Å². The number of fused-ring (bicyclic) bond motifs is 1. The third-order valence-electron chi connectivity index (χ3n) is 7.22. The third-order valence-corrected chi connectivity index (χ3v) is 9.45. The molecule has 5 rings (SSSR count). The van der Waals surface area contributed by atoms with E-state index >= 15 is 0 Å². The number of rotatable bonds is 6. The van der Waals surface area contributed by atoms with Crippen LogP contribution in [0.3, 0.4) is 0 Å². The van der Waals surface area contributed by atoms with Crippen LogP contribution in [0.1, 0.15) is 49.1 Å². The maximum absolute atomic E-state index is 12.6. The van der Waals surface area contributed by atoms with E-state index in [-0.39, 0.29) is 28.8 Å². The lowest BCUT2D eigenvalue weighted by atomic mass is 9.77. The summed E-state index contributed by atoms with van der Waals surface area (Å²) in [4.78, 5) is 8.11. The maximum Gasteiger partial charge on any atom is 0.446 e. The van der Waals surface area contributed by atoms with Crippen LogP contribution in [0.15, 0.2) is 40.1 Å². The second-order valence-corrected chi connectivity index (χ2v) is 12.1. The molecular weight excluding hydrogens is 483 g/mol. The Balaban J connectivity index is 1.29. The van der Waals surface area contributed by atoms with Gasteiger partial charge in [-0.15, -0.1) is 0 Å². The van der Waals surface area contributed by atoms with E-state index in [4.69, 9.17) is 4.98 Å². The maximum atomic E-state index is 12.6. The zero-order valence-electron chi connectivity index (χ0n) is 18.7. The Hall–Kier alpha value is -1.78. The van der Waals surface area contributed by atoms with Crippen molar-refractivity contribution in [3.05, 3.63) is 41.5 Å². The van der Waals surface area contributed by atoms with Gasteiger partial charge in [-0.05, 0) is 85.5 Å². The standard InChI is InChI=1S/C24H28F3N3O2S2/c25-24(26,27)33-19-4-2-16(3-5-19)17-6-11-30(12-7-17)20-14-18-8-13-34(32)21(18)22(28-20)29-23(15-31)9-1-10-23/h2-5,14,17,31H,1,6-13,15H2,(H,28,29). The largest absolute Gasteiger partial charge is 0.446 e. The Morgan fingerprint density at radius 2 is 1.91 bits per heavy atom. The van der Waals surface area contributed by atoms with E-state index in [0.717, 1.165) is 73.5 Å². The molecule has 0 bridgehead atoms. The minimum atomic E-state index is -4.27. The lowest BCUT2D eigenvalue weighted by Gasteiger charge is -2.42. The number of benzene rings is 1. The monoisotopic (exact) mass is 511 g/mol. The van der Waals surface area contributed by atoms with Crippen molar-refractivity contribution in [2.24, 2.45) is 0 Å². The normalized spacial score (nSPS) is 22.4. The summed E-state index contributed by atoms with van der Waals surface area (Å²) in [7, 11) is -1.07. The molecule has 3 heterocycles. The molecule has 3 aliphatic rings. The van der Waals surface area contributed by atoms with Crippen LogP contribution in [0.2, 0.25) is 0 Å². The molecule has 0 spiro atoms. The number of piperidine rings is 1. The average molecular weight is 512 g/mol. The van der Waals surface area contributed by atoms with Crippen LogP contribution in [-0.2, 0) is 17.2 Å². The minimum Gasteiger partial charge on any atom is -0.394 e. The topological polar surface area (TPSA) is 65.5 Å². The Morgan fingerprint density at radius 1 is 1.21 bits per heavy atom. The number of thioether (sulfide) groups is 1. The van der Waals surface area contributed by atoms with Crippen molar-refractivity contribution < 1.29 is 22.5 Å². The van der Waals surface area contributed by atoms with Gasteiger partial charge in [0.25, 0.3) is 0 Å². The highest BCUT2D eigenvalue weighted by molar-refractivity contribution is 8.00. The van der Waals surface area contributed by atoms with Crippen molar-refractivity contribution in [1.29, 1.82) is 0 Å². The molecule has 2 N–H and O–H groups in total. The van der Waals surface area contributed by atoms with Crippen LogP contribution in [0.4, 0.5) is 24.8 Å². The summed E-state index contributed by atoms with van der Waals surface area (Å²) in [5.74, 6) is 2.42. The second-order valence-electron chi connectivity index (χ2n) is 9.41. The fourth-order valence-corrected chi connectivity index (χ4v) is 7.04. The number of aliphatic hydroxyl groups excluding tert-OH is 1. The van der Waals surface area contributed by atoms with Crippen LogP contribution in [0, 0.1) is 0 Å². The molecule has 1 aromatic carbocycles. The first-order chi connectivity index (χ1) is 16.3. The van der Waals surface area contributed by atoms with Gasteiger partial charge in [0.2, 0.25) is 0 Å². The number of nitrogens with zero attached hydrogens (tertiary/aromatic N) is 2. The van der Waals surface area contributed by atoms with Gasteiger partial charge >= 0.3 is 5.51 Å². The average Bonchev–Trinajstić information content (AvgIpc) is 3.17. The number of halogens is 3. The highest BCUT2D eigenvalue weighted by atomic mass is 32.2. The Labute approximate surface area is 204 Å². The van der Waals surface area contributed by atoms with Gasteiger partial charge in [-0.2, -0.15) is 13.2 Å². The SMILES string of the molecule is O=S1CCc2cc(N3CCC(c4ccc(SC(F)(F)F)cc4)CC3)nc(NC3(CO)CCC3)c21. The molecule has 2 aromatic rings. The lowest BCUT2D eigenvalue weighted by Crippen LogP contribution is -2.48. The third kappa shape index (κ3) is 4.95. The molecule has 1 atom stereocenters. The molecule has 0 radical (unpaired) electrons. The highest BCUT2D eigenvalue weighted by Crippen LogP contribution is 2.41. The van der Waals surface area contributed by atoms with E-state index in [1.165, 1.54) is 0 Å². The molecule has 5 nitrogen and oxygen atoms in total. The summed E-state index contributed by atoms with van der Waals surface area (Å²) in [6.45, 7) is 1.62. The highest BCUT2D eigenvalue weighted by Gasteiger charge is 2.39. The summed E-state index contributed by atoms with van der Waals surface area (Å²) < 4.78 is 50.4. The van der Waals surface area contributed by atoms with E-state index in [2.05, 4.69) is 16.3 Å². The van der Waals surface area contributed by atoms with Crippen molar-refractivity contribution in [2.75, 3.05) is 35.7 Å². The van der Waals surface area contributed by atoms with E-state index < -0.39 is 16.3 Å². The number of aryl methyl sites for hydroxylation is 1. The van der Waals surface area contributed by atoms with Crippen LogP contribution < -0.4 is 10.2 Å². The van der Waals surface area contributed by atoms with Crippen LogP contribution in [-0.4, -0.2) is 50.8 Å². The fraction of sp³-hybridized carbons (Fsp3) is 0.542. The zero-order chi connectivity index (χ0) is 23.9. The van der Waals surface area contributed by atoms with Gasteiger partial charge in [0.1, 0.15) is 11.6 Å². The van der Waals surface area contributed by atoms with E-state index in [1.54, 1.807) is 12.1 Å².